The predicted molar refractivity (Wildman–Crippen MR) is 95.2 cm³/mol. The minimum absolute atomic E-state index is 0.186. The molecule has 0 saturated carbocycles. The number of aromatic nitrogens is 2. The number of ether oxygens (including phenoxy) is 2. The first kappa shape index (κ1) is 16.0. The van der Waals surface area contributed by atoms with Crippen LogP contribution in [-0.2, 0) is 0 Å². The van der Waals surface area contributed by atoms with E-state index in [2.05, 4.69) is 37.5 Å². The summed E-state index contributed by atoms with van der Waals surface area (Å²) in [5.41, 5.74) is 0.735. The maximum Gasteiger partial charge on any atom is 0.144 e. The zero-order chi connectivity index (χ0) is 15.5. The van der Waals surface area contributed by atoms with Crippen LogP contribution in [0.15, 0.2) is 18.5 Å². The molecule has 1 aliphatic heterocycles. The Morgan fingerprint density at radius 2 is 2.09 bits per heavy atom. The fourth-order valence-electron chi connectivity index (χ4n) is 2.63. The second kappa shape index (κ2) is 7.14. The van der Waals surface area contributed by atoms with Gasteiger partial charge in [0.25, 0.3) is 0 Å². The Hall–Kier alpha value is -0.860. The van der Waals surface area contributed by atoms with Gasteiger partial charge in [0.05, 0.1) is 22.6 Å². The number of alkyl halides is 1. The highest BCUT2D eigenvalue weighted by molar-refractivity contribution is 14.1. The zero-order valence-electron chi connectivity index (χ0n) is 12.3. The molecule has 2 aromatic rings. The summed E-state index contributed by atoms with van der Waals surface area (Å²) in [5.74, 6) is 1.41. The van der Waals surface area contributed by atoms with Gasteiger partial charge in [-0.3, -0.25) is 4.90 Å². The Balaban J connectivity index is 1.89. The molecular weight excluding hydrogens is 417 g/mol. The lowest BCUT2D eigenvalue weighted by atomic mass is 10.1. The molecule has 1 aromatic carbocycles. The lowest BCUT2D eigenvalue weighted by molar-refractivity contribution is 0.114. The molecule has 22 heavy (non-hydrogen) atoms. The molecule has 118 valence electrons. The number of rotatable bonds is 4. The minimum atomic E-state index is 0.186. The number of methoxy groups -OCH3 is 1. The normalized spacial score (nSPS) is 16.9. The summed E-state index contributed by atoms with van der Waals surface area (Å²) in [6.45, 7) is 2.11. The second-order valence-electron chi connectivity index (χ2n) is 5.24. The van der Waals surface area contributed by atoms with Gasteiger partial charge in [-0.1, -0.05) is 34.2 Å². The number of piperidine rings is 1. The first-order valence-corrected chi connectivity index (χ1v) is 9.05. The molecule has 0 spiro atoms. The molecule has 5 nitrogen and oxygen atoms in total. The van der Waals surface area contributed by atoms with E-state index in [0.29, 0.717) is 16.7 Å². The highest BCUT2D eigenvalue weighted by Gasteiger charge is 2.21. The molecule has 0 unspecified atom stereocenters. The quantitative estimate of drug-likeness (QED) is 0.319. The van der Waals surface area contributed by atoms with E-state index < -0.39 is 0 Å². The molecule has 0 bridgehead atoms. The van der Waals surface area contributed by atoms with Crippen LogP contribution in [-0.4, -0.2) is 45.7 Å². The third kappa shape index (κ3) is 3.38. The molecule has 7 heteroatoms. The van der Waals surface area contributed by atoms with Crippen LogP contribution in [0.3, 0.4) is 0 Å². The van der Waals surface area contributed by atoms with Crippen molar-refractivity contribution in [1.82, 2.24) is 14.9 Å². The van der Waals surface area contributed by atoms with E-state index >= 15 is 0 Å². The molecule has 0 amide bonds. The molecule has 1 aliphatic rings. The van der Waals surface area contributed by atoms with Crippen molar-refractivity contribution in [3.8, 4) is 11.5 Å². The van der Waals surface area contributed by atoms with E-state index in [-0.39, 0.29) is 6.10 Å². The molecule has 1 saturated heterocycles. The van der Waals surface area contributed by atoms with Gasteiger partial charge in [0.15, 0.2) is 0 Å². The average molecular weight is 434 g/mol. The molecule has 1 aromatic heterocycles. The summed E-state index contributed by atoms with van der Waals surface area (Å²) in [5, 5.41) is 1.16. The number of likely N-dealkylation sites (tertiary alicyclic amines) is 1. The number of nitrogens with zero attached hydrogens (tertiary/aromatic N) is 3. The highest BCUT2D eigenvalue weighted by atomic mass is 127. The first-order chi connectivity index (χ1) is 10.7. The Labute approximate surface area is 148 Å². The minimum Gasteiger partial charge on any atom is -0.497 e. The van der Waals surface area contributed by atoms with Crippen molar-refractivity contribution in [3.05, 3.63) is 23.6 Å². The van der Waals surface area contributed by atoms with Crippen LogP contribution in [0.25, 0.3) is 10.9 Å². The van der Waals surface area contributed by atoms with Crippen molar-refractivity contribution in [2.24, 2.45) is 0 Å². The topological polar surface area (TPSA) is 47.5 Å². The summed E-state index contributed by atoms with van der Waals surface area (Å²) >= 11 is 8.64. The fraction of sp³-hybridized carbons (Fsp3) is 0.467. The van der Waals surface area contributed by atoms with Gasteiger partial charge in [-0.05, 0) is 12.8 Å². The Morgan fingerprint density at radius 1 is 1.32 bits per heavy atom. The summed E-state index contributed by atoms with van der Waals surface area (Å²) < 4.78 is 12.6. The zero-order valence-corrected chi connectivity index (χ0v) is 15.2. The number of hydrogen-bond donors (Lipinski definition) is 0. The second-order valence-corrected chi connectivity index (χ2v) is 6.28. The van der Waals surface area contributed by atoms with Gasteiger partial charge in [0, 0.05) is 25.2 Å². The Bertz CT molecular complexity index is 663. The van der Waals surface area contributed by atoms with Crippen LogP contribution in [0.5, 0.6) is 11.5 Å². The Kier molecular flexibility index (Phi) is 5.20. The maximum atomic E-state index is 6.24. The van der Waals surface area contributed by atoms with Gasteiger partial charge in [-0.25, -0.2) is 9.97 Å². The van der Waals surface area contributed by atoms with Crippen LogP contribution in [0.1, 0.15) is 12.8 Å². The van der Waals surface area contributed by atoms with Crippen LogP contribution in [0, 0.1) is 0 Å². The maximum absolute atomic E-state index is 6.24. The summed E-state index contributed by atoms with van der Waals surface area (Å²) in [6, 6.07) is 3.71. The van der Waals surface area contributed by atoms with Crippen molar-refractivity contribution < 1.29 is 9.47 Å². The van der Waals surface area contributed by atoms with Gasteiger partial charge in [0.2, 0.25) is 0 Å². The van der Waals surface area contributed by atoms with E-state index in [1.165, 1.54) is 6.33 Å². The average Bonchev–Trinajstić information content (AvgIpc) is 2.55. The Morgan fingerprint density at radius 3 is 2.77 bits per heavy atom. The lowest BCUT2D eigenvalue weighted by Crippen LogP contribution is -2.37. The van der Waals surface area contributed by atoms with Crippen molar-refractivity contribution in [2.45, 2.75) is 18.9 Å². The van der Waals surface area contributed by atoms with Crippen LogP contribution in [0.2, 0.25) is 5.15 Å². The molecule has 0 aliphatic carbocycles. The third-order valence-corrected chi connectivity index (χ3v) is 5.11. The predicted octanol–water partition coefficient (Wildman–Crippen LogP) is 3.53. The van der Waals surface area contributed by atoms with Crippen molar-refractivity contribution in [3.63, 3.8) is 0 Å². The number of fused-ring (bicyclic) bond motifs is 1. The van der Waals surface area contributed by atoms with Crippen molar-refractivity contribution in [1.29, 1.82) is 0 Å². The monoisotopic (exact) mass is 433 g/mol. The SMILES string of the molecule is COc1cc(OC2CCN(CI)CC2)c2c(Cl)ncnc2c1. The summed E-state index contributed by atoms with van der Waals surface area (Å²) in [7, 11) is 1.63. The molecule has 3 rings (SSSR count). The largest absolute Gasteiger partial charge is 0.497 e. The first-order valence-electron chi connectivity index (χ1n) is 7.14. The van der Waals surface area contributed by atoms with Crippen molar-refractivity contribution >= 4 is 45.1 Å². The van der Waals surface area contributed by atoms with Crippen LogP contribution >= 0.6 is 34.2 Å². The highest BCUT2D eigenvalue weighted by Crippen LogP contribution is 2.35. The number of halogens is 2. The standard InChI is InChI=1S/C15H17ClIN3O2/c1-21-11-6-12-14(15(16)19-9-18-12)13(7-11)22-10-2-4-20(8-17)5-3-10/h6-7,9-10H,2-5,8H2,1H3. The van der Waals surface area contributed by atoms with E-state index in [1.54, 1.807) is 7.11 Å². The molecular formula is C15H17ClIN3O2. The molecule has 0 N–H and O–H groups in total. The molecule has 0 atom stereocenters. The van der Waals surface area contributed by atoms with Crippen LogP contribution in [0.4, 0.5) is 0 Å². The smallest absolute Gasteiger partial charge is 0.144 e. The number of benzene rings is 1. The van der Waals surface area contributed by atoms with Gasteiger partial charge < -0.3 is 9.47 Å². The summed E-state index contributed by atoms with van der Waals surface area (Å²) in [6.07, 6.45) is 3.65. The van der Waals surface area contributed by atoms with E-state index in [4.69, 9.17) is 21.1 Å². The lowest BCUT2D eigenvalue weighted by Gasteiger charge is -2.31. The summed E-state index contributed by atoms with van der Waals surface area (Å²) in [4.78, 5) is 10.7. The van der Waals surface area contributed by atoms with E-state index in [9.17, 15) is 0 Å². The van der Waals surface area contributed by atoms with E-state index in [1.807, 2.05) is 12.1 Å². The molecule has 0 radical (unpaired) electrons. The van der Waals surface area contributed by atoms with Gasteiger partial charge in [-0.15, -0.1) is 0 Å². The van der Waals surface area contributed by atoms with Crippen molar-refractivity contribution in [2.75, 3.05) is 24.8 Å². The van der Waals surface area contributed by atoms with Gasteiger partial charge in [0.1, 0.15) is 29.1 Å². The fourth-order valence-corrected chi connectivity index (χ4v) is 3.54. The molecule has 1 fully saturated rings. The molecule has 2 heterocycles. The number of hydrogen-bond acceptors (Lipinski definition) is 5. The third-order valence-electron chi connectivity index (χ3n) is 3.86. The van der Waals surface area contributed by atoms with Crippen LogP contribution < -0.4 is 9.47 Å². The van der Waals surface area contributed by atoms with E-state index in [0.717, 1.165) is 41.4 Å². The van der Waals surface area contributed by atoms with Gasteiger partial charge >= 0.3 is 0 Å². The van der Waals surface area contributed by atoms with Gasteiger partial charge in [-0.2, -0.15) is 0 Å².